The van der Waals surface area contributed by atoms with Gasteiger partial charge in [-0.1, -0.05) is 18.6 Å². The average molecular weight is 408 g/mol. The quantitative estimate of drug-likeness (QED) is 0.290. The molecule has 0 spiro atoms. The molecule has 1 aromatic carbocycles. The summed E-state index contributed by atoms with van der Waals surface area (Å²) in [6.45, 7) is 3.81. The van der Waals surface area contributed by atoms with Crippen molar-refractivity contribution in [2.24, 2.45) is 0 Å². The Kier molecular flexibility index (Phi) is 6.52. The number of benzene rings is 1. The molecule has 1 unspecified atom stereocenters. The first-order chi connectivity index (χ1) is 11.2. The monoisotopic (exact) mass is 408 g/mol. The Hall–Kier alpha value is -1.33. The van der Waals surface area contributed by atoms with E-state index in [9.17, 15) is 26.3 Å². The maximum atomic E-state index is 13.1. The Labute approximate surface area is 143 Å². The number of hydrogen-bond donors (Lipinski definition) is 0. The zero-order valence-corrected chi connectivity index (χ0v) is 14.7. The predicted octanol–water partition coefficient (Wildman–Crippen LogP) is 5.38. The van der Waals surface area contributed by atoms with Crippen LogP contribution in [0.25, 0.3) is 10.1 Å². The maximum absolute atomic E-state index is 13.1. The molecule has 1 heterocycles. The van der Waals surface area contributed by atoms with Crippen LogP contribution in [0.5, 0.6) is 0 Å². The van der Waals surface area contributed by atoms with Gasteiger partial charge in [-0.3, -0.25) is 0 Å². The van der Waals surface area contributed by atoms with Crippen molar-refractivity contribution in [2.45, 2.75) is 37.7 Å². The Morgan fingerprint density at radius 3 is 2.00 bits per heavy atom. The molecule has 25 heavy (non-hydrogen) atoms. The molecule has 0 saturated carbocycles. The van der Waals surface area contributed by atoms with E-state index in [4.69, 9.17) is 13.0 Å². The van der Waals surface area contributed by atoms with E-state index in [0.29, 0.717) is 16.0 Å². The summed E-state index contributed by atoms with van der Waals surface area (Å²) in [6.07, 6.45) is 1.27. The lowest BCUT2D eigenvalue weighted by atomic mass is 10.2. The van der Waals surface area contributed by atoms with Gasteiger partial charge >= 0.3 is 11.0 Å². The van der Waals surface area contributed by atoms with Gasteiger partial charge in [0.15, 0.2) is 19.7 Å². The maximum Gasteiger partial charge on any atom is 0.600 e. The summed E-state index contributed by atoms with van der Waals surface area (Å²) >= 11 is 0. The van der Waals surface area contributed by atoms with Gasteiger partial charge in [0, 0.05) is 17.9 Å². The molecule has 2 aromatic rings. The van der Waals surface area contributed by atoms with Gasteiger partial charge in [0.1, 0.15) is 0 Å². The van der Waals surface area contributed by atoms with Crippen LogP contribution in [0.4, 0.5) is 26.3 Å². The molecule has 0 aliphatic rings. The second-order valence-electron chi connectivity index (χ2n) is 5.05. The van der Waals surface area contributed by atoms with Crippen molar-refractivity contribution in [1.29, 1.82) is 0 Å². The van der Waals surface area contributed by atoms with E-state index in [-0.39, 0.29) is 0 Å². The number of hydrogen-bond acceptors (Lipinski definition) is 3. The highest BCUT2D eigenvalue weighted by Crippen LogP contribution is 2.51. The fourth-order valence-corrected chi connectivity index (χ4v) is 4.07. The van der Waals surface area contributed by atoms with E-state index < -0.39 is 31.6 Å². The molecule has 0 aliphatic heterocycles. The normalized spacial score (nSPS) is 13.6. The standard InChI is InChI=1S/C13H14F3S.CHF3O3S/c1-3-4-11-8-10-7-9(2)5-6-12(10)17(11)13(14,15)16;2-1(3,4)8(5,6)7/h5-8H,3-4H2,1-2H3;(H,5,6,7)/q+1;/p-1. The first-order valence-corrected chi connectivity index (χ1v) is 9.46. The summed E-state index contributed by atoms with van der Waals surface area (Å²) in [6, 6.07) is 6.94. The van der Waals surface area contributed by atoms with E-state index in [1.165, 1.54) is 0 Å². The lowest BCUT2D eigenvalue weighted by molar-refractivity contribution is -0.0867. The minimum absolute atomic E-state index is 0.437. The number of fused-ring (bicyclic) bond motifs is 1. The lowest BCUT2D eigenvalue weighted by Gasteiger charge is -2.08. The third-order valence-electron chi connectivity index (χ3n) is 2.98. The van der Waals surface area contributed by atoms with E-state index in [2.05, 4.69) is 0 Å². The SMILES string of the molecule is CCCc1cc2cc(C)ccc2[s+]1C(F)(F)F.O=S(=O)([O-])C(F)(F)F. The third kappa shape index (κ3) is 5.58. The lowest BCUT2D eigenvalue weighted by Crippen LogP contribution is -2.21. The molecule has 3 nitrogen and oxygen atoms in total. The predicted molar refractivity (Wildman–Crippen MR) is 82.2 cm³/mol. The van der Waals surface area contributed by atoms with Crippen molar-refractivity contribution in [3.63, 3.8) is 0 Å². The average Bonchev–Trinajstić information content (AvgIpc) is 2.74. The number of aryl methyl sites for hydroxylation is 2. The van der Waals surface area contributed by atoms with Crippen LogP contribution in [0.3, 0.4) is 0 Å². The molecule has 0 aliphatic carbocycles. The number of rotatable bonds is 2. The number of alkyl halides is 6. The topological polar surface area (TPSA) is 57.2 Å². The highest BCUT2D eigenvalue weighted by atomic mass is 32.2. The molecule has 2 rings (SSSR count). The summed E-state index contributed by atoms with van der Waals surface area (Å²) in [5.41, 5.74) is -8.79. The summed E-state index contributed by atoms with van der Waals surface area (Å²) in [4.78, 5) is 0.528. The third-order valence-corrected chi connectivity index (χ3v) is 5.66. The van der Waals surface area contributed by atoms with Gasteiger partial charge in [-0.2, -0.15) is 13.2 Å². The molecule has 0 radical (unpaired) electrons. The molecule has 142 valence electrons. The van der Waals surface area contributed by atoms with Crippen molar-refractivity contribution >= 4 is 30.7 Å². The fraction of sp³-hybridized carbons (Fsp3) is 0.429. The summed E-state index contributed by atoms with van der Waals surface area (Å²) in [5.74, 6) is 0. The highest BCUT2D eigenvalue weighted by molar-refractivity contribution is 7.86. The molecule has 0 bridgehead atoms. The van der Waals surface area contributed by atoms with Crippen LogP contribution >= 0.6 is 10.5 Å². The van der Waals surface area contributed by atoms with Gasteiger partial charge in [0.25, 0.3) is 0 Å². The highest BCUT2D eigenvalue weighted by Gasteiger charge is 2.47. The minimum Gasteiger partial charge on any atom is -0.741 e. The van der Waals surface area contributed by atoms with Gasteiger partial charge in [0.2, 0.25) is 0 Å². The summed E-state index contributed by atoms with van der Waals surface area (Å²) < 4.78 is 98.6. The number of thiophene rings is 1. The Balaban J connectivity index is 0.000000333. The first-order valence-electron chi connectivity index (χ1n) is 6.83. The molecule has 1 atom stereocenters. The fourth-order valence-electron chi connectivity index (χ4n) is 2.03. The van der Waals surface area contributed by atoms with Crippen molar-refractivity contribution in [1.82, 2.24) is 0 Å². The van der Waals surface area contributed by atoms with Crippen LogP contribution < -0.4 is 0 Å². The molecule has 0 saturated heterocycles. The van der Waals surface area contributed by atoms with E-state index in [0.717, 1.165) is 17.4 Å². The van der Waals surface area contributed by atoms with Crippen molar-refractivity contribution < 1.29 is 39.3 Å². The minimum atomic E-state index is -6.09. The van der Waals surface area contributed by atoms with E-state index in [1.807, 2.05) is 19.9 Å². The Bertz CT molecular complexity index is 835. The van der Waals surface area contributed by atoms with Crippen LogP contribution in [-0.2, 0) is 22.0 Å². The molecular formula is C14H14F6O3S2. The molecule has 0 amide bonds. The van der Waals surface area contributed by atoms with Crippen LogP contribution in [0.15, 0.2) is 24.3 Å². The summed E-state index contributed by atoms with van der Waals surface area (Å²) in [5, 5.41) is 0.745. The van der Waals surface area contributed by atoms with Gasteiger partial charge in [-0.15, -0.1) is 13.2 Å². The van der Waals surface area contributed by atoms with Crippen LogP contribution in [-0.4, -0.2) is 18.5 Å². The largest absolute Gasteiger partial charge is 0.741 e. The zero-order chi connectivity index (χ0) is 19.6. The van der Waals surface area contributed by atoms with Gasteiger partial charge in [0.05, 0.1) is 10.5 Å². The second kappa shape index (κ2) is 7.50. The molecule has 1 aromatic heterocycles. The van der Waals surface area contributed by atoms with E-state index in [1.54, 1.807) is 18.2 Å². The van der Waals surface area contributed by atoms with Crippen molar-refractivity contribution in [3.8, 4) is 0 Å². The molecule has 11 heteroatoms. The zero-order valence-electron chi connectivity index (χ0n) is 13.0. The van der Waals surface area contributed by atoms with Crippen molar-refractivity contribution in [2.75, 3.05) is 0 Å². The van der Waals surface area contributed by atoms with E-state index >= 15 is 0 Å². The van der Waals surface area contributed by atoms with Gasteiger partial charge in [-0.05, 0) is 25.5 Å². The van der Waals surface area contributed by atoms with Crippen LogP contribution in [0.2, 0.25) is 0 Å². The van der Waals surface area contributed by atoms with Gasteiger partial charge in [-0.25, -0.2) is 8.42 Å². The number of halogens is 6. The molecular weight excluding hydrogens is 394 g/mol. The second-order valence-corrected chi connectivity index (χ2v) is 8.46. The smallest absolute Gasteiger partial charge is 0.600 e. The Morgan fingerprint density at radius 2 is 1.60 bits per heavy atom. The molecule has 0 N–H and O–H groups in total. The van der Waals surface area contributed by atoms with Crippen LogP contribution in [0, 0.1) is 6.92 Å². The van der Waals surface area contributed by atoms with Gasteiger partial charge < -0.3 is 4.55 Å². The Morgan fingerprint density at radius 1 is 1.08 bits per heavy atom. The van der Waals surface area contributed by atoms with Crippen molar-refractivity contribution in [3.05, 3.63) is 34.7 Å². The molecule has 0 fully saturated rings. The first kappa shape index (κ1) is 21.7. The summed E-state index contributed by atoms with van der Waals surface area (Å²) in [7, 11) is -7.79. The van der Waals surface area contributed by atoms with Crippen LogP contribution in [0.1, 0.15) is 23.8 Å².